The van der Waals surface area contributed by atoms with Gasteiger partial charge in [-0.15, -0.1) is 0 Å². The maximum Gasteiger partial charge on any atom is 0.148 e. The van der Waals surface area contributed by atoms with Crippen LogP contribution in [0.3, 0.4) is 0 Å². The topological polar surface area (TPSA) is 39.1 Å². The Balaban J connectivity index is 2.02. The van der Waals surface area contributed by atoms with Crippen LogP contribution in [0.15, 0.2) is 33.5 Å². The Morgan fingerprint density at radius 2 is 1.95 bits per heavy atom. The van der Waals surface area contributed by atoms with E-state index < -0.39 is 0 Å². The molecule has 0 atom stereocenters. The zero-order valence-corrected chi connectivity index (χ0v) is 15.4. The number of hydrogen-bond acceptors (Lipinski definition) is 3. The number of hydrogen-bond donors (Lipinski definition) is 1. The minimum Gasteiger partial charge on any atom is -0.486 e. The second-order valence-electron chi connectivity index (χ2n) is 4.88. The van der Waals surface area contributed by atoms with Crippen LogP contribution in [0, 0.1) is 0 Å². The van der Waals surface area contributed by atoms with Gasteiger partial charge in [0.25, 0.3) is 0 Å². The summed E-state index contributed by atoms with van der Waals surface area (Å²) < 4.78 is 9.55. The summed E-state index contributed by atoms with van der Waals surface area (Å²) in [5, 5.41) is 7.53. The van der Waals surface area contributed by atoms with Crippen LogP contribution < -0.4 is 10.1 Å². The van der Waals surface area contributed by atoms with Gasteiger partial charge >= 0.3 is 0 Å². The quantitative estimate of drug-likeness (QED) is 0.692. The minimum absolute atomic E-state index is 0.498. The lowest BCUT2D eigenvalue weighted by molar-refractivity contribution is 0.302. The van der Waals surface area contributed by atoms with Gasteiger partial charge in [-0.25, -0.2) is 0 Å². The van der Waals surface area contributed by atoms with Crippen molar-refractivity contribution in [1.29, 1.82) is 0 Å². The van der Waals surface area contributed by atoms with Crippen molar-refractivity contribution < 1.29 is 4.74 Å². The highest BCUT2D eigenvalue weighted by Gasteiger charge is 2.10. The zero-order valence-electron chi connectivity index (χ0n) is 12.2. The lowest BCUT2D eigenvalue weighted by Gasteiger charge is -2.12. The second kappa shape index (κ2) is 7.96. The van der Waals surface area contributed by atoms with E-state index in [1.165, 1.54) is 5.56 Å². The molecule has 2 aromatic rings. The molecular weight excluding hydrogens is 398 g/mol. The molecule has 0 aliphatic rings. The smallest absolute Gasteiger partial charge is 0.148 e. The predicted molar refractivity (Wildman–Crippen MR) is 91.4 cm³/mol. The van der Waals surface area contributed by atoms with Crippen LogP contribution in [-0.2, 0) is 20.2 Å². The molecule has 114 valence electrons. The number of aryl methyl sites for hydroxylation is 1. The summed E-state index contributed by atoms with van der Waals surface area (Å²) in [6.07, 6.45) is 4.89. The van der Waals surface area contributed by atoms with Crippen LogP contribution >= 0.6 is 31.9 Å². The van der Waals surface area contributed by atoms with E-state index in [2.05, 4.69) is 61.3 Å². The molecule has 0 saturated carbocycles. The van der Waals surface area contributed by atoms with Gasteiger partial charge in [0.15, 0.2) is 0 Å². The van der Waals surface area contributed by atoms with Crippen molar-refractivity contribution in [3.8, 4) is 5.75 Å². The monoisotopic (exact) mass is 415 g/mol. The molecule has 0 aliphatic heterocycles. The van der Waals surface area contributed by atoms with Gasteiger partial charge in [0.2, 0.25) is 0 Å². The average molecular weight is 417 g/mol. The Labute approximate surface area is 142 Å². The molecule has 0 unspecified atom stereocenters. The van der Waals surface area contributed by atoms with Crippen molar-refractivity contribution >= 4 is 31.9 Å². The van der Waals surface area contributed by atoms with E-state index in [0.29, 0.717) is 6.61 Å². The number of nitrogens with one attached hydrogen (secondary N) is 1. The number of benzene rings is 1. The van der Waals surface area contributed by atoms with E-state index >= 15 is 0 Å². The van der Waals surface area contributed by atoms with Gasteiger partial charge in [0.05, 0.1) is 15.1 Å². The first-order valence-corrected chi connectivity index (χ1v) is 8.47. The SMILES string of the molecule is CCCNCc1cc(Br)c(OCc2cnn(C)c2)c(Br)c1. The molecule has 1 heterocycles. The summed E-state index contributed by atoms with van der Waals surface area (Å²) in [6.45, 7) is 4.54. The minimum atomic E-state index is 0.498. The van der Waals surface area contributed by atoms with Crippen molar-refractivity contribution in [3.05, 3.63) is 44.6 Å². The molecule has 0 amide bonds. The highest BCUT2D eigenvalue weighted by molar-refractivity contribution is 9.11. The number of rotatable bonds is 7. The average Bonchev–Trinajstić information content (AvgIpc) is 2.84. The molecule has 0 fully saturated rings. The summed E-state index contributed by atoms with van der Waals surface area (Å²) in [4.78, 5) is 0. The van der Waals surface area contributed by atoms with Crippen LogP contribution in [0.5, 0.6) is 5.75 Å². The summed E-state index contributed by atoms with van der Waals surface area (Å²) in [5.74, 6) is 0.818. The van der Waals surface area contributed by atoms with E-state index in [4.69, 9.17) is 4.74 Å². The van der Waals surface area contributed by atoms with Crippen molar-refractivity contribution in [3.63, 3.8) is 0 Å². The van der Waals surface area contributed by atoms with Gasteiger partial charge in [0.1, 0.15) is 12.4 Å². The van der Waals surface area contributed by atoms with Crippen LogP contribution in [0.2, 0.25) is 0 Å². The highest BCUT2D eigenvalue weighted by Crippen LogP contribution is 2.35. The highest BCUT2D eigenvalue weighted by atomic mass is 79.9. The third-order valence-electron chi connectivity index (χ3n) is 2.96. The molecule has 0 spiro atoms. The lowest BCUT2D eigenvalue weighted by atomic mass is 10.2. The van der Waals surface area contributed by atoms with Crippen molar-refractivity contribution in [2.45, 2.75) is 26.5 Å². The van der Waals surface area contributed by atoms with Gasteiger partial charge in [-0.1, -0.05) is 6.92 Å². The predicted octanol–water partition coefficient (Wildman–Crippen LogP) is 4.02. The summed E-state index contributed by atoms with van der Waals surface area (Å²) in [7, 11) is 1.90. The molecule has 0 saturated heterocycles. The Bertz CT molecular complexity index is 575. The molecule has 1 N–H and O–H groups in total. The number of halogens is 2. The van der Waals surface area contributed by atoms with Gasteiger partial charge in [-0.2, -0.15) is 5.10 Å². The molecule has 2 rings (SSSR count). The fraction of sp³-hybridized carbons (Fsp3) is 0.400. The zero-order chi connectivity index (χ0) is 15.2. The fourth-order valence-electron chi connectivity index (χ4n) is 1.96. The third kappa shape index (κ3) is 4.83. The standard InChI is InChI=1S/C15H19Br2N3O/c1-3-4-18-7-11-5-13(16)15(14(17)6-11)21-10-12-8-19-20(2)9-12/h5-6,8-9,18H,3-4,7,10H2,1-2H3. The normalized spacial score (nSPS) is 10.9. The maximum atomic E-state index is 5.88. The summed E-state index contributed by atoms with van der Waals surface area (Å²) >= 11 is 7.16. The fourth-order valence-corrected chi connectivity index (χ4v) is 3.47. The van der Waals surface area contributed by atoms with E-state index in [1.807, 2.05) is 19.4 Å². The Morgan fingerprint density at radius 3 is 2.52 bits per heavy atom. The van der Waals surface area contributed by atoms with Crippen molar-refractivity contribution in [2.75, 3.05) is 6.54 Å². The first-order valence-electron chi connectivity index (χ1n) is 6.89. The Morgan fingerprint density at radius 1 is 1.24 bits per heavy atom. The van der Waals surface area contributed by atoms with E-state index in [9.17, 15) is 0 Å². The van der Waals surface area contributed by atoms with Crippen LogP contribution in [0.25, 0.3) is 0 Å². The van der Waals surface area contributed by atoms with Crippen LogP contribution in [0.4, 0.5) is 0 Å². The van der Waals surface area contributed by atoms with Gasteiger partial charge in [-0.05, 0) is 62.5 Å². The number of aromatic nitrogens is 2. The first kappa shape index (κ1) is 16.5. The van der Waals surface area contributed by atoms with Gasteiger partial charge in [-0.3, -0.25) is 4.68 Å². The van der Waals surface area contributed by atoms with Gasteiger partial charge < -0.3 is 10.1 Å². The maximum absolute atomic E-state index is 5.88. The number of ether oxygens (including phenoxy) is 1. The van der Waals surface area contributed by atoms with Crippen molar-refractivity contribution in [2.24, 2.45) is 7.05 Å². The van der Waals surface area contributed by atoms with E-state index in [-0.39, 0.29) is 0 Å². The van der Waals surface area contributed by atoms with E-state index in [1.54, 1.807) is 4.68 Å². The Kier molecular flexibility index (Phi) is 6.26. The second-order valence-corrected chi connectivity index (χ2v) is 6.58. The van der Waals surface area contributed by atoms with E-state index in [0.717, 1.165) is 39.8 Å². The van der Waals surface area contributed by atoms with Gasteiger partial charge in [0, 0.05) is 25.4 Å². The lowest BCUT2D eigenvalue weighted by Crippen LogP contribution is -2.13. The summed E-state index contributed by atoms with van der Waals surface area (Å²) in [6, 6.07) is 4.18. The molecule has 0 radical (unpaired) electrons. The third-order valence-corrected chi connectivity index (χ3v) is 4.13. The molecular formula is C15H19Br2N3O. The summed E-state index contributed by atoms with van der Waals surface area (Å²) in [5.41, 5.74) is 2.26. The van der Waals surface area contributed by atoms with Crippen LogP contribution in [-0.4, -0.2) is 16.3 Å². The number of nitrogens with zero attached hydrogens (tertiary/aromatic N) is 2. The largest absolute Gasteiger partial charge is 0.486 e. The molecule has 4 nitrogen and oxygen atoms in total. The Hall–Kier alpha value is -0.850. The molecule has 21 heavy (non-hydrogen) atoms. The molecule has 0 aliphatic carbocycles. The van der Waals surface area contributed by atoms with Crippen LogP contribution in [0.1, 0.15) is 24.5 Å². The first-order chi connectivity index (χ1) is 10.1. The molecule has 6 heteroatoms. The van der Waals surface area contributed by atoms with Crippen molar-refractivity contribution in [1.82, 2.24) is 15.1 Å². The molecule has 1 aromatic carbocycles. The molecule has 0 bridgehead atoms. The molecule has 1 aromatic heterocycles.